The van der Waals surface area contributed by atoms with Crippen LogP contribution in [-0.2, 0) is 11.2 Å². The zero-order valence-corrected chi connectivity index (χ0v) is 15.5. The first-order valence-electron chi connectivity index (χ1n) is 9.17. The largest absolute Gasteiger partial charge is 0.443 e. The van der Waals surface area contributed by atoms with Crippen LogP contribution in [-0.4, -0.2) is 54.7 Å². The van der Waals surface area contributed by atoms with Crippen molar-refractivity contribution in [3.8, 4) is 0 Å². The summed E-state index contributed by atoms with van der Waals surface area (Å²) in [6.07, 6.45) is 3.71. The van der Waals surface area contributed by atoms with Gasteiger partial charge in [-0.3, -0.25) is 4.90 Å². The molecule has 25 heavy (non-hydrogen) atoms. The zero-order chi connectivity index (χ0) is 17.8. The second kappa shape index (κ2) is 8.37. The monoisotopic (exact) mass is 368 g/mol. The van der Waals surface area contributed by atoms with Gasteiger partial charge in [0.15, 0.2) is 0 Å². The molecule has 2 saturated heterocycles. The Kier molecular flexibility index (Phi) is 6.18. The molecule has 1 aromatic carbocycles. The molecule has 0 saturated carbocycles. The Morgan fingerprint density at radius 1 is 1.32 bits per heavy atom. The van der Waals surface area contributed by atoms with Gasteiger partial charge < -0.3 is 9.64 Å². The number of cyclic esters (lactones) is 1. The lowest BCUT2D eigenvalue weighted by Gasteiger charge is -2.33. The van der Waals surface area contributed by atoms with Crippen LogP contribution < -0.4 is 0 Å². The third-order valence-electron chi connectivity index (χ3n) is 5.13. The van der Waals surface area contributed by atoms with Crippen LogP contribution in [0.5, 0.6) is 0 Å². The molecule has 2 heterocycles. The molecule has 1 unspecified atom stereocenters. The molecule has 0 aliphatic carbocycles. The van der Waals surface area contributed by atoms with Crippen molar-refractivity contribution in [1.29, 1.82) is 0 Å². The van der Waals surface area contributed by atoms with Crippen molar-refractivity contribution in [3.63, 3.8) is 0 Å². The minimum absolute atomic E-state index is 0.0201. The third-order valence-corrected chi connectivity index (χ3v) is 5.50. The maximum atomic E-state index is 13.4. The van der Waals surface area contributed by atoms with Gasteiger partial charge in [-0.2, -0.15) is 0 Å². The molecule has 1 atom stereocenters. The summed E-state index contributed by atoms with van der Waals surface area (Å²) < 4.78 is 18.9. The summed E-state index contributed by atoms with van der Waals surface area (Å²) in [6, 6.07) is 4.59. The lowest BCUT2D eigenvalue weighted by Crippen LogP contribution is -2.40. The Hall–Kier alpha value is -1.33. The van der Waals surface area contributed by atoms with Gasteiger partial charge in [-0.1, -0.05) is 18.5 Å². The predicted octanol–water partition coefficient (Wildman–Crippen LogP) is 3.96. The van der Waals surface area contributed by atoms with Crippen molar-refractivity contribution in [2.75, 3.05) is 32.7 Å². The van der Waals surface area contributed by atoms with Crippen LogP contribution in [0.4, 0.5) is 9.18 Å². The fraction of sp³-hybridized carbons (Fsp3) is 0.632. The summed E-state index contributed by atoms with van der Waals surface area (Å²) in [5, 5.41) is 0.651. The van der Waals surface area contributed by atoms with E-state index in [0.717, 1.165) is 57.4 Å². The van der Waals surface area contributed by atoms with Gasteiger partial charge in [0, 0.05) is 18.1 Å². The highest BCUT2D eigenvalue weighted by atomic mass is 35.5. The molecule has 2 aliphatic heterocycles. The molecule has 3 rings (SSSR count). The molecule has 0 aromatic heterocycles. The van der Waals surface area contributed by atoms with E-state index in [2.05, 4.69) is 11.8 Å². The highest BCUT2D eigenvalue weighted by Gasteiger charge is 2.32. The summed E-state index contributed by atoms with van der Waals surface area (Å²) in [7, 11) is 0. The first kappa shape index (κ1) is 18.5. The SMILES string of the molecule is CCCN1CC(CN2CCC(Cc3cc(F)ccc3Cl)CC2)OC1=O. The molecule has 2 aliphatic rings. The van der Waals surface area contributed by atoms with E-state index in [1.54, 1.807) is 17.0 Å². The second-order valence-corrected chi connectivity index (χ2v) is 7.54. The summed E-state index contributed by atoms with van der Waals surface area (Å²) >= 11 is 6.18. The first-order valence-corrected chi connectivity index (χ1v) is 9.54. The smallest absolute Gasteiger partial charge is 0.410 e. The average Bonchev–Trinajstić information content (AvgIpc) is 2.93. The van der Waals surface area contributed by atoms with Crippen molar-refractivity contribution >= 4 is 17.7 Å². The van der Waals surface area contributed by atoms with Crippen LogP contribution in [0.25, 0.3) is 0 Å². The van der Waals surface area contributed by atoms with Gasteiger partial charge in [0.05, 0.1) is 6.54 Å². The maximum absolute atomic E-state index is 13.4. The van der Waals surface area contributed by atoms with E-state index >= 15 is 0 Å². The van der Waals surface area contributed by atoms with Crippen LogP contribution in [0.15, 0.2) is 18.2 Å². The van der Waals surface area contributed by atoms with Gasteiger partial charge in [0.25, 0.3) is 0 Å². The number of nitrogens with zero attached hydrogens (tertiary/aromatic N) is 2. The van der Waals surface area contributed by atoms with E-state index in [1.165, 1.54) is 6.07 Å². The minimum atomic E-state index is -0.225. The number of likely N-dealkylation sites (tertiary alicyclic amines) is 1. The molecule has 1 amide bonds. The Balaban J connectivity index is 1.45. The van der Waals surface area contributed by atoms with Gasteiger partial charge in [-0.05, 0) is 68.5 Å². The molecule has 138 valence electrons. The standard InChI is InChI=1S/C19H26ClFN2O2/c1-2-7-23-13-17(25-19(23)24)12-22-8-5-14(6-9-22)10-15-11-16(21)3-4-18(15)20/h3-4,11,14,17H,2,5-10,12-13H2,1H3. The Labute approximate surface area is 153 Å². The van der Waals surface area contributed by atoms with Crippen molar-refractivity contribution in [2.45, 2.75) is 38.7 Å². The summed E-state index contributed by atoms with van der Waals surface area (Å²) in [5.41, 5.74) is 0.903. The lowest BCUT2D eigenvalue weighted by atomic mass is 9.90. The molecular formula is C19H26ClFN2O2. The molecule has 0 bridgehead atoms. The number of hydrogen-bond acceptors (Lipinski definition) is 3. The van der Waals surface area contributed by atoms with Crippen molar-refractivity contribution in [3.05, 3.63) is 34.6 Å². The highest BCUT2D eigenvalue weighted by molar-refractivity contribution is 6.31. The molecule has 0 radical (unpaired) electrons. The quantitative estimate of drug-likeness (QED) is 0.761. The summed E-state index contributed by atoms with van der Waals surface area (Å²) in [5.74, 6) is 0.301. The van der Waals surface area contributed by atoms with E-state index < -0.39 is 0 Å². The molecule has 4 nitrogen and oxygen atoms in total. The number of benzene rings is 1. The molecule has 0 spiro atoms. The van der Waals surface area contributed by atoms with Crippen LogP contribution in [0.2, 0.25) is 5.02 Å². The summed E-state index contributed by atoms with van der Waals surface area (Å²) in [6.45, 7) is 6.31. The highest BCUT2D eigenvalue weighted by Crippen LogP contribution is 2.26. The fourth-order valence-electron chi connectivity index (χ4n) is 3.79. The Bertz CT molecular complexity index is 605. The number of ether oxygens (including phenoxy) is 1. The normalized spacial score (nSPS) is 22.4. The van der Waals surface area contributed by atoms with E-state index in [0.29, 0.717) is 17.5 Å². The van der Waals surface area contributed by atoms with E-state index in [1.807, 2.05) is 0 Å². The van der Waals surface area contributed by atoms with Gasteiger partial charge in [0.1, 0.15) is 11.9 Å². The fourth-order valence-corrected chi connectivity index (χ4v) is 3.99. The predicted molar refractivity (Wildman–Crippen MR) is 96.4 cm³/mol. The van der Waals surface area contributed by atoms with Gasteiger partial charge in [-0.15, -0.1) is 0 Å². The van der Waals surface area contributed by atoms with Gasteiger partial charge in [-0.25, -0.2) is 9.18 Å². The third kappa shape index (κ3) is 4.85. The van der Waals surface area contributed by atoms with Crippen LogP contribution in [0, 0.1) is 11.7 Å². The van der Waals surface area contributed by atoms with E-state index in [-0.39, 0.29) is 18.0 Å². The number of hydrogen-bond donors (Lipinski definition) is 0. The van der Waals surface area contributed by atoms with Crippen LogP contribution in [0.1, 0.15) is 31.7 Å². The van der Waals surface area contributed by atoms with Gasteiger partial charge in [0.2, 0.25) is 0 Å². The molecule has 0 N–H and O–H groups in total. The molecule has 2 fully saturated rings. The average molecular weight is 369 g/mol. The topological polar surface area (TPSA) is 32.8 Å². The van der Waals surface area contributed by atoms with Crippen LogP contribution >= 0.6 is 11.6 Å². The molecule has 6 heteroatoms. The number of carbonyl (C=O) groups is 1. The number of carbonyl (C=O) groups excluding carboxylic acids is 1. The molecule has 1 aromatic rings. The zero-order valence-electron chi connectivity index (χ0n) is 14.7. The molecular weight excluding hydrogens is 343 g/mol. The maximum Gasteiger partial charge on any atom is 0.410 e. The number of rotatable bonds is 6. The van der Waals surface area contributed by atoms with E-state index in [4.69, 9.17) is 16.3 Å². The number of amides is 1. The van der Waals surface area contributed by atoms with Crippen molar-refractivity contribution in [2.24, 2.45) is 5.92 Å². The van der Waals surface area contributed by atoms with Crippen molar-refractivity contribution < 1.29 is 13.9 Å². The minimum Gasteiger partial charge on any atom is -0.443 e. The Morgan fingerprint density at radius 2 is 2.08 bits per heavy atom. The lowest BCUT2D eigenvalue weighted by molar-refractivity contribution is 0.0904. The summed E-state index contributed by atoms with van der Waals surface area (Å²) in [4.78, 5) is 15.9. The Morgan fingerprint density at radius 3 is 2.80 bits per heavy atom. The number of piperidine rings is 1. The second-order valence-electron chi connectivity index (χ2n) is 7.14. The van der Waals surface area contributed by atoms with Crippen molar-refractivity contribution in [1.82, 2.24) is 9.80 Å². The first-order chi connectivity index (χ1) is 12.0. The van der Waals surface area contributed by atoms with Gasteiger partial charge >= 0.3 is 6.09 Å². The van der Waals surface area contributed by atoms with E-state index in [9.17, 15) is 9.18 Å². The number of halogens is 2. The van der Waals surface area contributed by atoms with Crippen LogP contribution in [0.3, 0.4) is 0 Å².